The molecule has 0 fully saturated rings. The maximum absolute atomic E-state index is 12.5. The van der Waals surface area contributed by atoms with Gasteiger partial charge in [0, 0.05) is 12.1 Å². The molecule has 0 unspecified atom stereocenters. The van der Waals surface area contributed by atoms with Crippen LogP contribution in [-0.4, -0.2) is 27.6 Å². The Labute approximate surface area is 169 Å². The zero-order chi connectivity index (χ0) is 20.3. The van der Waals surface area contributed by atoms with Crippen molar-refractivity contribution in [3.63, 3.8) is 0 Å². The maximum atomic E-state index is 12.5. The van der Waals surface area contributed by atoms with Gasteiger partial charge in [0.1, 0.15) is 22.7 Å². The van der Waals surface area contributed by atoms with Crippen LogP contribution in [-0.2, 0) is 29.1 Å². The molecule has 1 aliphatic heterocycles. The van der Waals surface area contributed by atoms with Gasteiger partial charge in [0.2, 0.25) is 0 Å². The van der Waals surface area contributed by atoms with Gasteiger partial charge in [-0.3, -0.25) is 4.90 Å². The fourth-order valence-corrected chi connectivity index (χ4v) is 3.56. The Balaban J connectivity index is 1.70. The normalized spacial score (nSPS) is 15.3. The number of carbonyl (C=O) groups is 1. The molecule has 1 amide bonds. The molecule has 0 saturated heterocycles. The molecule has 2 aromatic rings. The van der Waals surface area contributed by atoms with Gasteiger partial charge in [-0.25, -0.2) is 4.79 Å². The predicted octanol–water partition coefficient (Wildman–Crippen LogP) is 4.66. The summed E-state index contributed by atoms with van der Waals surface area (Å²) in [5, 5.41) is 0. The number of hydrogen-bond donors (Lipinski definition) is 0. The maximum Gasteiger partial charge on any atom is 0.414 e. The van der Waals surface area contributed by atoms with E-state index in [9.17, 15) is 9.35 Å². The minimum atomic E-state index is -1.30. The van der Waals surface area contributed by atoms with Gasteiger partial charge in [0.05, 0.1) is 11.4 Å². The Morgan fingerprint density at radius 1 is 1.21 bits per heavy atom. The molecule has 1 heterocycles. The highest BCUT2D eigenvalue weighted by atomic mass is 32.2. The summed E-state index contributed by atoms with van der Waals surface area (Å²) in [7, 11) is 0. The van der Waals surface area contributed by atoms with E-state index in [0.29, 0.717) is 6.54 Å². The van der Waals surface area contributed by atoms with Gasteiger partial charge in [-0.05, 0) is 57.4 Å². The number of anilines is 1. The Kier molecular flexibility index (Phi) is 6.10. The number of nitrogens with zero attached hydrogens (tertiary/aromatic N) is 2. The summed E-state index contributed by atoms with van der Waals surface area (Å²) in [6.07, 6.45) is 0.425. The molecule has 0 aliphatic carbocycles. The molecule has 0 bridgehead atoms. The molecule has 148 valence electrons. The number of ether oxygens (including phenoxy) is 1. The SMILES string of the molecule is C/C(=N\[S@@+]([O-])C(C)(C)C)c1ccc2c(c1)CCN2C(=O)OCc1ccccc1. The zero-order valence-electron chi connectivity index (χ0n) is 16.8. The van der Waals surface area contributed by atoms with Crippen LogP contribution in [0.3, 0.4) is 0 Å². The Bertz CT molecular complexity index is 875. The molecule has 2 aromatic carbocycles. The van der Waals surface area contributed by atoms with Gasteiger partial charge in [0.15, 0.2) is 0 Å². The first-order chi connectivity index (χ1) is 13.3. The number of rotatable bonds is 4. The van der Waals surface area contributed by atoms with E-state index in [1.165, 1.54) is 0 Å². The first kappa shape index (κ1) is 20.4. The standard InChI is InChI=1S/C22H26N2O3S/c1-16(23-28(26)22(2,3)4)18-10-11-20-19(14-18)12-13-24(20)21(25)27-15-17-8-6-5-7-9-17/h5-11,14H,12-13,15H2,1-4H3/b23-16+/t28-/m0/s1. The van der Waals surface area contributed by atoms with E-state index in [1.54, 1.807) is 4.90 Å². The Morgan fingerprint density at radius 3 is 2.61 bits per heavy atom. The third-order valence-electron chi connectivity index (χ3n) is 4.56. The summed E-state index contributed by atoms with van der Waals surface area (Å²) in [6, 6.07) is 15.5. The summed E-state index contributed by atoms with van der Waals surface area (Å²) < 4.78 is 21.7. The second-order valence-electron chi connectivity index (χ2n) is 7.82. The summed E-state index contributed by atoms with van der Waals surface area (Å²) >= 11 is -1.30. The molecule has 0 N–H and O–H groups in total. The quantitative estimate of drug-likeness (QED) is 0.556. The van der Waals surface area contributed by atoms with Crippen molar-refractivity contribution in [1.29, 1.82) is 0 Å². The fourth-order valence-electron chi connectivity index (χ4n) is 2.93. The summed E-state index contributed by atoms with van der Waals surface area (Å²) in [4.78, 5) is 14.2. The minimum absolute atomic E-state index is 0.258. The third kappa shape index (κ3) is 4.75. The van der Waals surface area contributed by atoms with Gasteiger partial charge in [-0.15, -0.1) is 0 Å². The number of amides is 1. The van der Waals surface area contributed by atoms with E-state index in [0.717, 1.165) is 34.5 Å². The molecule has 5 nitrogen and oxygen atoms in total. The highest BCUT2D eigenvalue weighted by Gasteiger charge is 2.28. The van der Waals surface area contributed by atoms with Crippen molar-refractivity contribution >= 4 is 28.9 Å². The van der Waals surface area contributed by atoms with Crippen LogP contribution in [0.4, 0.5) is 10.5 Å². The van der Waals surface area contributed by atoms with Crippen LogP contribution in [0.15, 0.2) is 52.9 Å². The van der Waals surface area contributed by atoms with Crippen molar-refractivity contribution in [2.75, 3.05) is 11.4 Å². The van der Waals surface area contributed by atoms with Crippen molar-refractivity contribution in [1.82, 2.24) is 0 Å². The highest BCUT2D eigenvalue weighted by molar-refractivity contribution is 7.91. The topological polar surface area (TPSA) is 65.0 Å². The van der Waals surface area contributed by atoms with E-state index < -0.39 is 16.1 Å². The fraction of sp³-hybridized carbons (Fsp3) is 0.364. The number of benzene rings is 2. The summed E-state index contributed by atoms with van der Waals surface area (Å²) in [6.45, 7) is 8.43. The Morgan fingerprint density at radius 2 is 1.93 bits per heavy atom. The lowest BCUT2D eigenvalue weighted by atomic mass is 10.1. The smallest absolute Gasteiger partial charge is 0.414 e. The van der Waals surface area contributed by atoms with Gasteiger partial charge >= 0.3 is 6.09 Å². The minimum Gasteiger partial charge on any atom is -0.591 e. The van der Waals surface area contributed by atoms with Crippen LogP contribution < -0.4 is 4.90 Å². The number of carbonyl (C=O) groups excluding carboxylic acids is 1. The van der Waals surface area contributed by atoms with Gasteiger partial charge < -0.3 is 9.29 Å². The average Bonchev–Trinajstić information content (AvgIpc) is 3.09. The van der Waals surface area contributed by atoms with E-state index in [-0.39, 0.29) is 12.7 Å². The van der Waals surface area contributed by atoms with Gasteiger partial charge in [0.25, 0.3) is 0 Å². The van der Waals surface area contributed by atoms with Crippen LogP contribution in [0.2, 0.25) is 0 Å². The monoisotopic (exact) mass is 398 g/mol. The summed E-state index contributed by atoms with van der Waals surface area (Å²) in [5.41, 5.74) is 4.57. The van der Waals surface area contributed by atoms with Crippen molar-refractivity contribution in [2.24, 2.45) is 4.40 Å². The van der Waals surface area contributed by atoms with Crippen LogP contribution in [0.1, 0.15) is 44.4 Å². The molecule has 1 aliphatic rings. The molecule has 0 radical (unpaired) electrons. The second kappa shape index (κ2) is 8.37. The van der Waals surface area contributed by atoms with Crippen molar-refractivity contribution in [3.8, 4) is 0 Å². The van der Waals surface area contributed by atoms with E-state index >= 15 is 0 Å². The number of hydrogen-bond acceptors (Lipinski definition) is 4. The highest BCUT2D eigenvalue weighted by Crippen LogP contribution is 2.30. The van der Waals surface area contributed by atoms with Crippen molar-refractivity contribution in [3.05, 3.63) is 65.2 Å². The molecule has 3 rings (SSSR count). The van der Waals surface area contributed by atoms with Gasteiger partial charge in [-0.2, -0.15) is 0 Å². The Hall–Kier alpha value is -2.31. The average molecular weight is 399 g/mol. The lowest BCUT2D eigenvalue weighted by molar-refractivity contribution is 0.147. The first-order valence-electron chi connectivity index (χ1n) is 9.34. The molecule has 0 spiro atoms. The molecule has 28 heavy (non-hydrogen) atoms. The first-order valence-corrected chi connectivity index (χ1v) is 10.4. The molecular formula is C22H26N2O3S. The second-order valence-corrected chi connectivity index (χ2v) is 9.73. The summed E-state index contributed by atoms with van der Waals surface area (Å²) in [5.74, 6) is 0. The van der Waals surface area contributed by atoms with Gasteiger partial charge in [-0.1, -0.05) is 40.8 Å². The van der Waals surface area contributed by atoms with E-state index in [1.807, 2.05) is 76.2 Å². The van der Waals surface area contributed by atoms with Crippen molar-refractivity contribution in [2.45, 2.75) is 45.5 Å². The number of fused-ring (bicyclic) bond motifs is 1. The molecule has 6 heteroatoms. The largest absolute Gasteiger partial charge is 0.591 e. The van der Waals surface area contributed by atoms with E-state index in [2.05, 4.69) is 4.40 Å². The van der Waals surface area contributed by atoms with Crippen LogP contribution >= 0.6 is 0 Å². The van der Waals surface area contributed by atoms with Crippen molar-refractivity contribution < 1.29 is 14.1 Å². The van der Waals surface area contributed by atoms with Crippen LogP contribution in [0.5, 0.6) is 0 Å². The molecule has 1 atom stereocenters. The lowest BCUT2D eigenvalue weighted by Crippen LogP contribution is -2.29. The van der Waals surface area contributed by atoms with Crippen LogP contribution in [0, 0.1) is 0 Å². The molecule has 0 aromatic heterocycles. The predicted molar refractivity (Wildman–Crippen MR) is 114 cm³/mol. The zero-order valence-corrected chi connectivity index (χ0v) is 17.6. The van der Waals surface area contributed by atoms with E-state index in [4.69, 9.17) is 4.74 Å². The lowest BCUT2D eigenvalue weighted by Gasteiger charge is -2.19. The third-order valence-corrected chi connectivity index (χ3v) is 6.05. The molecular weight excluding hydrogens is 372 g/mol. The van der Waals surface area contributed by atoms with Crippen LogP contribution in [0.25, 0.3) is 0 Å². The molecule has 0 saturated carbocycles.